The molecule has 0 aromatic heterocycles. The molecule has 198 valence electrons. The highest BCUT2D eigenvalue weighted by Crippen LogP contribution is 2.13. The molecule has 34 heavy (non-hydrogen) atoms. The Hall–Kier alpha value is -1.50. The molecule has 0 saturated heterocycles. The minimum absolute atomic E-state index is 0.216. The van der Waals surface area contributed by atoms with Gasteiger partial charge in [-0.25, -0.2) is 0 Å². The first-order chi connectivity index (χ1) is 16.5. The van der Waals surface area contributed by atoms with Crippen molar-refractivity contribution >= 4 is 11.9 Å². The van der Waals surface area contributed by atoms with E-state index >= 15 is 0 Å². The largest absolute Gasteiger partial charge is 0.466 e. The Kier molecular flexibility index (Phi) is 23.5. The molecule has 1 unspecified atom stereocenters. The van der Waals surface area contributed by atoms with Gasteiger partial charge >= 0.3 is 11.9 Å². The van der Waals surface area contributed by atoms with Gasteiger partial charge in [-0.3, -0.25) is 9.59 Å². The molecular weight excluding hydrogens is 424 g/mol. The van der Waals surface area contributed by atoms with Crippen molar-refractivity contribution in [2.75, 3.05) is 6.61 Å². The highest BCUT2D eigenvalue weighted by atomic mass is 16.5. The molecular formula is C30H54O4. The number of hydrogen-bond acceptors (Lipinski definition) is 4. The van der Waals surface area contributed by atoms with Crippen LogP contribution in [0.4, 0.5) is 0 Å². The quantitative estimate of drug-likeness (QED) is 0.0888. The zero-order valence-electron chi connectivity index (χ0n) is 22.9. The molecule has 1 atom stereocenters. The SMILES string of the molecule is CCC#CC(CC(C)C)OC(=O)CCCC(=O)OCCCCCCCCCCCCCCCC. The molecule has 0 amide bonds. The van der Waals surface area contributed by atoms with E-state index in [4.69, 9.17) is 9.47 Å². The normalized spacial score (nSPS) is 11.7. The van der Waals surface area contributed by atoms with Crippen LogP contribution in [0.2, 0.25) is 0 Å². The second-order valence-corrected chi connectivity index (χ2v) is 9.95. The van der Waals surface area contributed by atoms with E-state index < -0.39 is 0 Å². The number of carbonyl (C=O) groups excluding carboxylic acids is 2. The number of rotatable bonds is 22. The van der Waals surface area contributed by atoms with Crippen molar-refractivity contribution < 1.29 is 19.1 Å². The minimum Gasteiger partial charge on any atom is -0.466 e. The lowest BCUT2D eigenvalue weighted by molar-refractivity contribution is -0.147. The molecule has 0 rings (SSSR count). The fraction of sp³-hybridized carbons (Fsp3) is 0.867. The molecule has 0 bridgehead atoms. The predicted octanol–water partition coefficient (Wildman–Crippen LogP) is 8.55. The van der Waals surface area contributed by atoms with Crippen LogP contribution in [0.25, 0.3) is 0 Å². The summed E-state index contributed by atoms with van der Waals surface area (Å²) in [6, 6.07) is 0. The van der Waals surface area contributed by atoms with E-state index in [-0.39, 0.29) is 30.9 Å². The first-order valence-electron chi connectivity index (χ1n) is 14.3. The summed E-state index contributed by atoms with van der Waals surface area (Å²) in [5.74, 6) is 5.92. The van der Waals surface area contributed by atoms with Gasteiger partial charge in [0.2, 0.25) is 0 Å². The van der Waals surface area contributed by atoms with E-state index in [2.05, 4.69) is 32.6 Å². The maximum absolute atomic E-state index is 12.0. The van der Waals surface area contributed by atoms with Gasteiger partial charge in [0, 0.05) is 19.3 Å². The molecule has 0 aliphatic carbocycles. The Balaban J connectivity index is 3.54. The van der Waals surface area contributed by atoms with E-state index in [1.54, 1.807) is 0 Å². The molecule has 0 N–H and O–H groups in total. The summed E-state index contributed by atoms with van der Waals surface area (Å²) in [6.45, 7) is 8.91. The standard InChI is InChI=1S/C30H54O4/c1-5-7-9-10-11-12-13-14-15-16-17-18-19-20-25-33-29(31)23-21-24-30(32)34-28(22-8-6-2)26-27(3)4/h27-28H,5-7,9-21,23-26H2,1-4H3. The van der Waals surface area contributed by atoms with E-state index in [1.807, 2.05) is 6.92 Å². The van der Waals surface area contributed by atoms with Crippen LogP contribution in [-0.4, -0.2) is 24.6 Å². The van der Waals surface area contributed by atoms with Crippen molar-refractivity contribution in [3.05, 3.63) is 0 Å². The van der Waals surface area contributed by atoms with Crippen molar-refractivity contribution in [1.29, 1.82) is 0 Å². The van der Waals surface area contributed by atoms with Crippen molar-refractivity contribution in [2.45, 2.75) is 156 Å². The van der Waals surface area contributed by atoms with Crippen LogP contribution in [0.15, 0.2) is 0 Å². The van der Waals surface area contributed by atoms with E-state index in [1.165, 1.54) is 77.0 Å². The number of carbonyl (C=O) groups is 2. The third kappa shape index (κ3) is 23.7. The number of hydrogen-bond donors (Lipinski definition) is 0. The average molecular weight is 479 g/mol. The Morgan fingerprint density at radius 3 is 1.68 bits per heavy atom. The lowest BCUT2D eigenvalue weighted by Crippen LogP contribution is -2.19. The highest BCUT2D eigenvalue weighted by Gasteiger charge is 2.14. The van der Waals surface area contributed by atoms with Gasteiger partial charge in [-0.2, -0.15) is 0 Å². The number of esters is 2. The molecule has 0 spiro atoms. The maximum atomic E-state index is 12.0. The van der Waals surface area contributed by atoms with Crippen LogP contribution in [0.1, 0.15) is 150 Å². The summed E-state index contributed by atoms with van der Waals surface area (Å²) in [6.07, 6.45) is 20.5. The topological polar surface area (TPSA) is 52.6 Å². The maximum Gasteiger partial charge on any atom is 0.307 e. The molecule has 0 heterocycles. The summed E-state index contributed by atoms with van der Waals surface area (Å²) >= 11 is 0. The van der Waals surface area contributed by atoms with Crippen LogP contribution in [0, 0.1) is 17.8 Å². The lowest BCUT2D eigenvalue weighted by Gasteiger charge is -2.14. The molecule has 4 heteroatoms. The predicted molar refractivity (Wildman–Crippen MR) is 143 cm³/mol. The first kappa shape index (κ1) is 32.5. The van der Waals surface area contributed by atoms with Gasteiger partial charge in [0.15, 0.2) is 6.10 Å². The Morgan fingerprint density at radius 1 is 0.676 bits per heavy atom. The van der Waals surface area contributed by atoms with Crippen LogP contribution < -0.4 is 0 Å². The lowest BCUT2D eigenvalue weighted by atomic mass is 10.0. The van der Waals surface area contributed by atoms with Crippen molar-refractivity contribution in [1.82, 2.24) is 0 Å². The van der Waals surface area contributed by atoms with Crippen molar-refractivity contribution in [2.24, 2.45) is 5.92 Å². The van der Waals surface area contributed by atoms with Crippen LogP contribution >= 0.6 is 0 Å². The highest BCUT2D eigenvalue weighted by molar-refractivity contribution is 5.72. The zero-order valence-corrected chi connectivity index (χ0v) is 22.9. The Bertz CT molecular complexity index is 544. The monoisotopic (exact) mass is 478 g/mol. The fourth-order valence-electron chi connectivity index (χ4n) is 3.93. The van der Waals surface area contributed by atoms with Crippen molar-refractivity contribution in [3.8, 4) is 11.8 Å². The van der Waals surface area contributed by atoms with Crippen LogP contribution in [-0.2, 0) is 19.1 Å². The van der Waals surface area contributed by atoms with Gasteiger partial charge in [-0.1, -0.05) is 123 Å². The van der Waals surface area contributed by atoms with Crippen LogP contribution in [0.3, 0.4) is 0 Å². The number of ether oxygens (including phenoxy) is 2. The molecule has 0 aromatic carbocycles. The zero-order chi connectivity index (χ0) is 25.3. The third-order valence-corrected chi connectivity index (χ3v) is 5.92. The minimum atomic E-state index is -0.347. The van der Waals surface area contributed by atoms with Gasteiger partial charge in [0.1, 0.15) is 0 Å². The van der Waals surface area contributed by atoms with E-state index in [0.717, 1.165) is 25.7 Å². The summed E-state index contributed by atoms with van der Waals surface area (Å²) in [5.41, 5.74) is 0. The first-order valence-corrected chi connectivity index (χ1v) is 14.3. The Morgan fingerprint density at radius 2 is 1.18 bits per heavy atom. The fourth-order valence-corrected chi connectivity index (χ4v) is 3.93. The van der Waals surface area contributed by atoms with Crippen LogP contribution in [0.5, 0.6) is 0 Å². The van der Waals surface area contributed by atoms with E-state index in [0.29, 0.717) is 18.9 Å². The molecule has 0 saturated carbocycles. The van der Waals surface area contributed by atoms with E-state index in [9.17, 15) is 9.59 Å². The van der Waals surface area contributed by atoms with Gasteiger partial charge in [-0.05, 0) is 25.2 Å². The van der Waals surface area contributed by atoms with Gasteiger partial charge in [0.05, 0.1) is 6.61 Å². The summed E-state index contributed by atoms with van der Waals surface area (Å²) in [4.78, 5) is 23.9. The summed E-state index contributed by atoms with van der Waals surface area (Å²) in [7, 11) is 0. The molecule has 0 aromatic rings. The number of unbranched alkanes of at least 4 members (excludes halogenated alkanes) is 13. The Labute approximate surface area is 211 Å². The molecule has 0 fully saturated rings. The van der Waals surface area contributed by atoms with Gasteiger partial charge in [0.25, 0.3) is 0 Å². The third-order valence-electron chi connectivity index (χ3n) is 5.92. The average Bonchev–Trinajstić information content (AvgIpc) is 2.79. The van der Waals surface area contributed by atoms with Gasteiger partial charge < -0.3 is 9.47 Å². The smallest absolute Gasteiger partial charge is 0.307 e. The molecule has 0 aliphatic heterocycles. The second kappa shape index (κ2) is 24.6. The molecule has 0 aliphatic rings. The van der Waals surface area contributed by atoms with Crippen molar-refractivity contribution in [3.63, 3.8) is 0 Å². The summed E-state index contributed by atoms with van der Waals surface area (Å²) in [5, 5.41) is 0. The summed E-state index contributed by atoms with van der Waals surface area (Å²) < 4.78 is 10.8. The van der Waals surface area contributed by atoms with Gasteiger partial charge in [-0.15, -0.1) is 0 Å². The second-order valence-electron chi connectivity index (χ2n) is 9.95. The molecule has 4 nitrogen and oxygen atoms in total. The molecule has 0 radical (unpaired) electrons.